The van der Waals surface area contributed by atoms with Crippen molar-refractivity contribution in [2.24, 2.45) is 5.73 Å². The number of H-pyrrole nitrogens is 1. The highest BCUT2D eigenvalue weighted by Crippen LogP contribution is 2.26. The quantitative estimate of drug-likeness (QED) is 0.502. The number of rotatable bonds is 4. The number of hydrogen-bond acceptors (Lipinski definition) is 5. The highest BCUT2D eigenvalue weighted by molar-refractivity contribution is 6.08. The molecule has 0 unspecified atom stereocenters. The second kappa shape index (κ2) is 6.09. The Morgan fingerprint density at radius 3 is 2.88 bits per heavy atom. The summed E-state index contributed by atoms with van der Waals surface area (Å²) < 4.78 is 0. The first-order valence-electron chi connectivity index (χ1n) is 7.24. The Morgan fingerprint density at radius 2 is 2.17 bits per heavy atom. The van der Waals surface area contributed by atoms with Crippen LogP contribution >= 0.6 is 0 Å². The van der Waals surface area contributed by atoms with Gasteiger partial charge in [0.25, 0.3) is 11.6 Å². The molecule has 122 valence electrons. The van der Waals surface area contributed by atoms with Gasteiger partial charge in [-0.25, -0.2) is 4.98 Å². The van der Waals surface area contributed by atoms with Crippen LogP contribution in [0, 0.1) is 10.1 Å². The van der Waals surface area contributed by atoms with Crippen molar-refractivity contribution < 1.29 is 9.72 Å². The molecule has 2 aromatic heterocycles. The number of nitro benzene ring substituents is 1. The van der Waals surface area contributed by atoms with Crippen molar-refractivity contribution in [1.29, 1.82) is 0 Å². The first-order valence-corrected chi connectivity index (χ1v) is 7.24. The van der Waals surface area contributed by atoms with E-state index in [4.69, 9.17) is 5.73 Å². The van der Waals surface area contributed by atoms with Gasteiger partial charge in [0, 0.05) is 41.0 Å². The molecule has 0 radical (unpaired) electrons. The Balaban J connectivity index is 1.94. The number of pyridine rings is 1. The monoisotopic (exact) mass is 325 g/mol. The summed E-state index contributed by atoms with van der Waals surface area (Å²) in [6, 6.07) is 7.23. The SMILES string of the molecule is C[C@@H](N)c1ccc(C(=O)Nc2ccnc3[nH]ccc23)cc1[N+](=O)[O-]. The maximum atomic E-state index is 12.4. The van der Waals surface area contributed by atoms with Gasteiger partial charge < -0.3 is 16.0 Å². The number of benzene rings is 1. The summed E-state index contributed by atoms with van der Waals surface area (Å²) in [5, 5.41) is 14.7. The lowest BCUT2D eigenvalue weighted by Crippen LogP contribution is -2.14. The zero-order valence-corrected chi connectivity index (χ0v) is 12.8. The molecule has 4 N–H and O–H groups in total. The summed E-state index contributed by atoms with van der Waals surface area (Å²) in [4.78, 5) is 30.2. The Morgan fingerprint density at radius 1 is 1.38 bits per heavy atom. The van der Waals surface area contributed by atoms with E-state index in [1.54, 1.807) is 31.5 Å². The van der Waals surface area contributed by atoms with Crippen molar-refractivity contribution >= 4 is 28.3 Å². The second-order valence-corrected chi connectivity index (χ2v) is 5.37. The molecule has 0 aliphatic rings. The molecule has 0 saturated heterocycles. The average molecular weight is 325 g/mol. The summed E-state index contributed by atoms with van der Waals surface area (Å²) in [6.45, 7) is 1.65. The Kier molecular flexibility index (Phi) is 3.97. The molecule has 8 heteroatoms. The number of amides is 1. The molecule has 3 rings (SSSR count). The fourth-order valence-corrected chi connectivity index (χ4v) is 2.49. The predicted molar refractivity (Wildman–Crippen MR) is 89.7 cm³/mol. The molecule has 2 heterocycles. The molecule has 0 spiro atoms. The highest BCUT2D eigenvalue weighted by atomic mass is 16.6. The van der Waals surface area contributed by atoms with Crippen LogP contribution in [0.4, 0.5) is 11.4 Å². The topological polar surface area (TPSA) is 127 Å². The van der Waals surface area contributed by atoms with Gasteiger partial charge in [0.1, 0.15) is 5.65 Å². The molecular weight excluding hydrogens is 310 g/mol. The lowest BCUT2D eigenvalue weighted by Gasteiger charge is -2.10. The fourth-order valence-electron chi connectivity index (χ4n) is 2.49. The van der Waals surface area contributed by atoms with Crippen molar-refractivity contribution in [3.8, 4) is 0 Å². The number of nitrogens with two attached hydrogens (primary N) is 1. The van der Waals surface area contributed by atoms with Gasteiger partial charge in [0.15, 0.2) is 0 Å². The molecule has 8 nitrogen and oxygen atoms in total. The lowest BCUT2D eigenvalue weighted by molar-refractivity contribution is -0.385. The fraction of sp³-hybridized carbons (Fsp3) is 0.125. The van der Waals surface area contributed by atoms with E-state index in [-0.39, 0.29) is 11.3 Å². The van der Waals surface area contributed by atoms with E-state index in [2.05, 4.69) is 15.3 Å². The van der Waals surface area contributed by atoms with E-state index in [9.17, 15) is 14.9 Å². The molecule has 1 aromatic carbocycles. The summed E-state index contributed by atoms with van der Waals surface area (Å²) in [5.74, 6) is -0.442. The van der Waals surface area contributed by atoms with Gasteiger partial charge in [0.05, 0.1) is 10.6 Å². The zero-order chi connectivity index (χ0) is 17.3. The van der Waals surface area contributed by atoms with Gasteiger partial charge in [-0.05, 0) is 31.2 Å². The van der Waals surface area contributed by atoms with Crippen molar-refractivity contribution in [3.05, 3.63) is 64.0 Å². The number of nitrogens with zero attached hydrogens (tertiary/aromatic N) is 2. The standard InChI is InChI=1S/C16H15N5O3/c1-9(17)11-3-2-10(8-14(11)21(23)24)16(22)20-13-5-7-19-15-12(13)4-6-18-15/h2-9H,17H2,1H3,(H2,18,19,20,22)/t9-/m1/s1. The van der Waals surface area contributed by atoms with Crippen LogP contribution in [0.15, 0.2) is 42.7 Å². The summed E-state index contributed by atoms with van der Waals surface area (Å²) in [6.07, 6.45) is 3.28. The maximum absolute atomic E-state index is 12.4. The first kappa shape index (κ1) is 15.6. The van der Waals surface area contributed by atoms with Crippen molar-refractivity contribution in [1.82, 2.24) is 9.97 Å². The van der Waals surface area contributed by atoms with Gasteiger partial charge >= 0.3 is 0 Å². The second-order valence-electron chi connectivity index (χ2n) is 5.37. The summed E-state index contributed by atoms with van der Waals surface area (Å²) in [5.41, 5.74) is 7.36. The molecule has 1 amide bonds. The Labute approximate surface area is 136 Å². The number of anilines is 1. The number of carbonyl (C=O) groups excluding carboxylic acids is 1. The van der Waals surface area contributed by atoms with Crippen LogP contribution in [0.3, 0.4) is 0 Å². The van der Waals surface area contributed by atoms with E-state index in [1.807, 2.05) is 0 Å². The van der Waals surface area contributed by atoms with Crippen molar-refractivity contribution in [3.63, 3.8) is 0 Å². The van der Waals surface area contributed by atoms with Crippen LogP contribution < -0.4 is 11.1 Å². The first-order chi connectivity index (χ1) is 11.5. The third-order valence-corrected chi connectivity index (χ3v) is 3.69. The van der Waals surface area contributed by atoms with Crippen LogP contribution in [0.2, 0.25) is 0 Å². The summed E-state index contributed by atoms with van der Waals surface area (Å²) >= 11 is 0. The minimum Gasteiger partial charge on any atom is -0.346 e. The van der Waals surface area contributed by atoms with Gasteiger partial charge in [-0.15, -0.1) is 0 Å². The number of carbonyl (C=O) groups is 1. The third kappa shape index (κ3) is 2.82. The van der Waals surface area contributed by atoms with Gasteiger partial charge in [0.2, 0.25) is 0 Å². The normalized spacial score (nSPS) is 12.1. The van der Waals surface area contributed by atoms with E-state index in [1.165, 1.54) is 18.2 Å². The molecule has 0 fully saturated rings. The van der Waals surface area contributed by atoms with Crippen LogP contribution in [0.5, 0.6) is 0 Å². The van der Waals surface area contributed by atoms with Gasteiger partial charge in [-0.3, -0.25) is 14.9 Å². The average Bonchev–Trinajstić information content (AvgIpc) is 3.03. The van der Waals surface area contributed by atoms with Crippen LogP contribution in [-0.4, -0.2) is 20.8 Å². The minimum atomic E-state index is -0.535. The number of nitrogens with one attached hydrogen (secondary N) is 2. The zero-order valence-electron chi connectivity index (χ0n) is 12.8. The van der Waals surface area contributed by atoms with Crippen LogP contribution in [0.1, 0.15) is 28.9 Å². The molecule has 1 atom stereocenters. The smallest absolute Gasteiger partial charge is 0.274 e. The Hall–Kier alpha value is -3.26. The molecule has 0 saturated carbocycles. The molecule has 0 aliphatic carbocycles. The lowest BCUT2D eigenvalue weighted by atomic mass is 10.0. The van der Waals surface area contributed by atoms with Crippen molar-refractivity contribution in [2.75, 3.05) is 5.32 Å². The third-order valence-electron chi connectivity index (χ3n) is 3.69. The predicted octanol–water partition coefficient (Wildman–Crippen LogP) is 2.74. The highest BCUT2D eigenvalue weighted by Gasteiger charge is 2.20. The van der Waals surface area contributed by atoms with E-state index in [0.29, 0.717) is 16.9 Å². The minimum absolute atomic E-state index is 0.167. The maximum Gasteiger partial charge on any atom is 0.274 e. The Bertz CT molecular complexity index is 932. The van der Waals surface area contributed by atoms with Gasteiger partial charge in [-0.2, -0.15) is 0 Å². The molecule has 3 aromatic rings. The summed E-state index contributed by atoms with van der Waals surface area (Å²) in [7, 11) is 0. The molecule has 0 aliphatic heterocycles. The number of fused-ring (bicyclic) bond motifs is 1. The number of nitro groups is 1. The van der Waals surface area contributed by atoms with E-state index < -0.39 is 16.9 Å². The molecule has 24 heavy (non-hydrogen) atoms. The van der Waals surface area contributed by atoms with Crippen LogP contribution in [-0.2, 0) is 0 Å². The van der Waals surface area contributed by atoms with Gasteiger partial charge in [-0.1, -0.05) is 0 Å². The molecule has 0 bridgehead atoms. The number of aromatic nitrogens is 2. The van der Waals surface area contributed by atoms with Crippen LogP contribution in [0.25, 0.3) is 11.0 Å². The number of aromatic amines is 1. The number of hydrogen-bond donors (Lipinski definition) is 3. The van der Waals surface area contributed by atoms with E-state index in [0.717, 1.165) is 5.39 Å². The van der Waals surface area contributed by atoms with Crippen molar-refractivity contribution in [2.45, 2.75) is 13.0 Å². The molecular formula is C16H15N5O3. The largest absolute Gasteiger partial charge is 0.346 e. The van der Waals surface area contributed by atoms with E-state index >= 15 is 0 Å².